The van der Waals surface area contributed by atoms with Crippen molar-refractivity contribution < 1.29 is 9.53 Å². The standard InChI is InChI=1S/C24H19NO2/c1-2-27-24(26)19-14-12-17(13-15-19)22-21-11-7-6-10-20(21)16-25-23(22)18-8-4-3-5-9-18/h3-16H,2H2,1H3. The van der Waals surface area contributed by atoms with Gasteiger partial charge in [-0.15, -0.1) is 0 Å². The van der Waals surface area contributed by atoms with Gasteiger partial charge in [-0.1, -0.05) is 66.7 Å². The predicted octanol–water partition coefficient (Wildman–Crippen LogP) is 5.75. The lowest BCUT2D eigenvalue weighted by molar-refractivity contribution is 0.0526. The minimum absolute atomic E-state index is 0.302. The smallest absolute Gasteiger partial charge is 0.338 e. The number of fused-ring (bicyclic) bond motifs is 1. The summed E-state index contributed by atoms with van der Waals surface area (Å²) in [4.78, 5) is 16.7. The van der Waals surface area contributed by atoms with E-state index in [1.54, 1.807) is 6.92 Å². The van der Waals surface area contributed by atoms with Crippen molar-refractivity contribution in [2.24, 2.45) is 0 Å². The molecule has 0 N–H and O–H groups in total. The van der Waals surface area contributed by atoms with Gasteiger partial charge in [0, 0.05) is 22.7 Å². The van der Waals surface area contributed by atoms with Gasteiger partial charge in [-0.3, -0.25) is 4.98 Å². The van der Waals surface area contributed by atoms with Crippen LogP contribution in [-0.2, 0) is 4.74 Å². The quantitative estimate of drug-likeness (QED) is 0.439. The molecule has 0 unspecified atom stereocenters. The average Bonchev–Trinajstić information content (AvgIpc) is 2.74. The molecule has 3 aromatic carbocycles. The number of hydrogen-bond donors (Lipinski definition) is 0. The van der Waals surface area contributed by atoms with Crippen molar-refractivity contribution in [2.45, 2.75) is 6.92 Å². The van der Waals surface area contributed by atoms with Gasteiger partial charge in [0.1, 0.15) is 0 Å². The predicted molar refractivity (Wildman–Crippen MR) is 109 cm³/mol. The van der Waals surface area contributed by atoms with Crippen molar-refractivity contribution in [3.05, 3.63) is 90.6 Å². The van der Waals surface area contributed by atoms with Crippen molar-refractivity contribution in [3.8, 4) is 22.4 Å². The largest absolute Gasteiger partial charge is 0.462 e. The number of nitrogens with zero attached hydrogens (tertiary/aromatic N) is 1. The maximum Gasteiger partial charge on any atom is 0.338 e. The van der Waals surface area contributed by atoms with E-state index >= 15 is 0 Å². The molecule has 3 heteroatoms. The van der Waals surface area contributed by atoms with Crippen LogP contribution in [-0.4, -0.2) is 17.6 Å². The topological polar surface area (TPSA) is 39.2 Å². The Bertz CT molecular complexity index is 1090. The molecule has 27 heavy (non-hydrogen) atoms. The summed E-state index contributed by atoms with van der Waals surface area (Å²) in [5.41, 5.74) is 4.63. The number of benzene rings is 3. The lowest BCUT2D eigenvalue weighted by atomic mass is 9.94. The monoisotopic (exact) mass is 353 g/mol. The molecule has 4 rings (SSSR count). The van der Waals surface area contributed by atoms with Crippen molar-refractivity contribution in [1.29, 1.82) is 0 Å². The second-order valence-corrected chi connectivity index (χ2v) is 6.23. The Morgan fingerprint density at radius 3 is 2.30 bits per heavy atom. The molecule has 1 heterocycles. The average molecular weight is 353 g/mol. The van der Waals surface area contributed by atoms with Gasteiger partial charge in [-0.2, -0.15) is 0 Å². The molecular formula is C24H19NO2. The SMILES string of the molecule is CCOC(=O)c1ccc(-c2c(-c3ccccc3)ncc3ccccc23)cc1. The number of aromatic nitrogens is 1. The van der Waals surface area contributed by atoms with E-state index in [0.29, 0.717) is 12.2 Å². The molecule has 3 nitrogen and oxygen atoms in total. The van der Waals surface area contributed by atoms with Crippen molar-refractivity contribution in [3.63, 3.8) is 0 Å². The van der Waals surface area contributed by atoms with Crippen molar-refractivity contribution in [2.75, 3.05) is 6.61 Å². The van der Waals surface area contributed by atoms with Crippen LogP contribution in [0.3, 0.4) is 0 Å². The number of carbonyl (C=O) groups excluding carboxylic acids is 1. The first kappa shape index (κ1) is 17.0. The van der Waals surface area contributed by atoms with Gasteiger partial charge < -0.3 is 4.74 Å². The second-order valence-electron chi connectivity index (χ2n) is 6.23. The van der Waals surface area contributed by atoms with Crippen molar-refractivity contribution >= 4 is 16.7 Å². The third kappa shape index (κ3) is 3.32. The van der Waals surface area contributed by atoms with Crippen LogP contribution >= 0.6 is 0 Å². The van der Waals surface area contributed by atoms with Crippen LogP contribution < -0.4 is 0 Å². The van der Waals surface area contributed by atoms with E-state index in [1.807, 2.05) is 60.8 Å². The molecule has 0 atom stereocenters. The molecule has 0 spiro atoms. The number of pyridine rings is 1. The highest BCUT2D eigenvalue weighted by Crippen LogP contribution is 2.36. The van der Waals surface area contributed by atoms with Crippen LogP contribution in [0.5, 0.6) is 0 Å². The summed E-state index contributed by atoms with van der Waals surface area (Å²) in [7, 11) is 0. The molecule has 0 saturated carbocycles. The summed E-state index contributed by atoms with van der Waals surface area (Å²) in [6.45, 7) is 2.17. The maximum absolute atomic E-state index is 12.0. The summed E-state index contributed by atoms with van der Waals surface area (Å²) in [6, 6.07) is 25.9. The molecule has 4 aromatic rings. The Balaban J connectivity index is 1.90. The van der Waals surface area contributed by atoms with Gasteiger partial charge in [-0.05, 0) is 30.0 Å². The third-order valence-electron chi connectivity index (χ3n) is 4.53. The Hall–Kier alpha value is -3.46. The second kappa shape index (κ2) is 7.42. The van der Waals surface area contributed by atoms with Gasteiger partial charge in [0.05, 0.1) is 17.9 Å². The van der Waals surface area contributed by atoms with Gasteiger partial charge in [0.2, 0.25) is 0 Å². The molecule has 0 amide bonds. The maximum atomic E-state index is 12.0. The van der Waals surface area contributed by atoms with Crippen molar-refractivity contribution in [1.82, 2.24) is 4.98 Å². The van der Waals surface area contributed by atoms with Crippen LogP contribution in [0, 0.1) is 0 Å². The Morgan fingerprint density at radius 2 is 1.56 bits per heavy atom. The molecular weight excluding hydrogens is 334 g/mol. The summed E-state index contributed by atoms with van der Waals surface area (Å²) < 4.78 is 5.09. The zero-order chi connectivity index (χ0) is 18.6. The molecule has 0 radical (unpaired) electrons. The summed E-state index contributed by atoms with van der Waals surface area (Å²) >= 11 is 0. The zero-order valence-corrected chi connectivity index (χ0v) is 15.1. The van der Waals surface area contributed by atoms with Gasteiger partial charge >= 0.3 is 5.97 Å². The first-order chi connectivity index (χ1) is 13.3. The minimum atomic E-state index is -0.302. The van der Waals surface area contributed by atoms with E-state index in [1.165, 1.54) is 0 Å². The summed E-state index contributed by atoms with van der Waals surface area (Å²) in [5.74, 6) is -0.302. The molecule has 1 aromatic heterocycles. The Morgan fingerprint density at radius 1 is 0.852 bits per heavy atom. The third-order valence-corrected chi connectivity index (χ3v) is 4.53. The van der Waals surface area contributed by atoms with Gasteiger partial charge in [-0.25, -0.2) is 4.79 Å². The summed E-state index contributed by atoms with van der Waals surface area (Å²) in [5, 5.41) is 2.22. The highest BCUT2D eigenvalue weighted by Gasteiger charge is 2.14. The molecule has 0 bridgehead atoms. The number of ether oxygens (including phenoxy) is 1. The Labute approximate surface area is 158 Å². The van der Waals surface area contributed by atoms with Crippen LogP contribution in [0.15, 0.2) is 85.1 Å². The van der Waals surface area contributed by atoms with Gasteiger partial charge in [0.15, 0.2) is 0 Å². The number of rotatable bonds is 4. The number of carbonyl (C=O) groups is 1. The zero-order valence-electron chi connectivity index (χ0n) is 15.1. The van der Waals surface area contributed by atoms with E-state index in [4.69, 9.17) is 9.72 Å². The van der Waals surface area contributed by atoms with E-state index in [2.05, 4.69) is 24.3 Å². The fourth-order valence-corrected chi connectivity index (χ4v) is 3.26. The molecule has 0 saturated heterocycles. The molecule has 0 aliphatic heterocycles. The van der Waals surface area contributed by atoms with Crippen LogP contribution in [0.25, 0.3) is 33.2 Å². The highest BCUT2D eigenvalue weighted by molar-refractivity contribution is 6.02. The van der Waals surface area contributed by atoms with Crippen LogP contribution in [0.4, 0.5) is 0 Å². The summed E-state index contributed by atoms with van der Waals surface area (Å²) in [6.07, 6.45) is 1.91. The van der Waals surface area contributed by atoms with E-state index in [0.717, 1.165) is 33.2 Å². The molecule has 132 valence electrons. The normalized spacial score (nSPS) is 10.7. The first-order valence-electron chi connectivity index (χ1n) is 8.98. The van der Waals surface area contributed by atoms with E-state index in [9.17, 15) is 4.79 Å². The van der Waals surface area contributed by atoms with E-state index in [-0.39, 0.29) is 5.97 Å². The fraction of sp³-hybridized carbons (Fsp3) is 0.0833. The lowest BCUT2D eigenvalue weighted by Gasteiger charge is -2.13. The highest BCUT2D eigenvalue weighted by atomic mass is 16.5. The minimum Gasteiger partial charge on any atom is -0.462 e. The van der Waals surface area contributed by atoms with Crippen LogP contribution in [0.2, 0.25) is 0 Å². The molecule has 0 aliphatic carbocycles. The molecule has 0 fully saturated rings. The van der Waals surface area contributed by atoms with Gasteiger partial charge in [0.25, 0.3) is 0 Å². The number of hydrogen-bond acceptors (Lipinski definition) is 3. The van der Waals surface area contributed by atoms with Crippen LogP contribution in [0.1, 0.15) is 17.3 Å². The lowest BCUT2D eigenvalue weighted by Crippen LogP contribution is -2.04. The van der Waals surface area contributed by atoms with E-state index < -0.39 is 0 Å². The Kier molecular flexibility index (Phi) is 4.67. The number of esters is 1. The molecule has 0 aliphatic rings. The first-order valence-corrected chi connectivity index (χ1v) is 8.98. The fourth-order valence-electron chi connectivity index (χ4n) is 3.26.